The third-order valence-electron chi connectivity index (χ3n) is 2.41. The lowest BCUT2D eigenvalue weighted by molar-refractivity contribution is 0.810. The molecule has 0 bridgehead atoms. The van der Waals surface area contributed by atoms with Crippen molar-refractivity contribution in [2.24, 2.45) is 0 Å². The average Bonchev–Trinajstić information content (AvgIpc) is 2.33. The van der Waals surface area contributed by atoms with Gasteiger partial charge in [-0.25, -0.2) is 15.0 Å². The van der Waals surface area contributed by atoms with Crippen LogP contribution in [0, 0.1) is 13.8 Å². The first kappa shape index (κ1) is 11.4. The fraction of sp³-hybridized carbons (Fsp3) is 0.333. The maximum atomic E-state index is 4.48. The van der Waals surface area contributed by atoms with E-state index in [1.807, 2.05) is 25.8 Å². The number of nitrogens with zero attached hydrogens (tertiary/aromatic N) is 5. The minimum Gasteiger partial charge on any atom is -0.351 e. The van der Waals surface area contributed by atoms with Gasteiger partial charge in [-0.05, 0) is 19.9 Å². The highest BCUT2D eigenvalue weighted by atomic mass is 15.2. The molecular weight excluding hydrogens is 214 g/mol. The molecule has 0 saturated heterocycles. The average molecular weight is 229 g/mol. The van der Waals surface area contributed by atoms with Gasteiger partial charge < -0.3 is 4.90 Å². The van der Waals surface area contributed by atoms with Crippen LogP contribution < -0.4 is 4.90 Å². The van der Waals surface area contributed by atoms with Crippen LogP contribution in [0.3, 0.4) is 0 Å². The number of aryl methyl sites for hydroxylation is 2. The lowest BCUT2D eigenvalue weighted by Crippen LogP contribution is -2.21. The van der Waals surface area contributed by atoms with Crippen molar-refractivity contribution in [3.8, 4) is 0 Å². The molecular formula is C12H15N5. The molecule has 0 radical (unpaired) electrons. The maximum Gasteiger partial charge on any atom is 0.150 e. The summed E-state index contributed by atoms with van der Waals surface area (Å²) in [7, 11) is 1.97. The molecule has 2 heterocycles. The minimum absolute atomic E-state index is 0.625. The SMILES string of the molecule is Cc1cnc(C)c(N(C)Cc2ncccn2)n1. The molecule has 2 aromatic heterocycles. The molecule has 17 heavy (non-hydrogen) atoms. The summed E-state index contributed by atoms with van der Waals surface area (Å²) in [5.41, 5.74) is 1.82. The van der Waals surface area contributed by atoms with E-state index in [0.717, 1.165) is 23.0 Å². The zero-order valence-electron chi connectivity index (χ0n) is 10.3. The fourth-order valence-electron chi connectivity index (χ4n) is 1.58. The van der Waals surface area contributed by atoms with Crippen LogP contribution >= 0.6 is 0 Å². The van der Waals surface area contributed by atoms with E-state index in [1.54, 1.807) is 24.7 Å². The van der Waals surface area contributed by atoms with E-state index in [4.69, 9.17) is 0 Å². The van der Waals surface area contributed by atoms with Crippen LogP contribution in [0.5, 0.6) is 0 Å². The van der Waals surface area contributed by atoms with Gasteiger partial charge in [-0.2, -0.15) is 0 Å². The van der Waals surface area contributed by atoms with Crippen molar-refractivity contribution < 1.29 is 0 Å². The van der Waals surface area contributed by atoms with Gasteiger partial charge in [-0.15, -0.1) is 0 Å². The van der Waals surface area contributed by atoms with Crippen LogP contribution in [0.1, 0.15) is 17.2 Å². The Balaban J connectivity index is 2.20. The number of aromatic nitrogens is 4. The molecule has 0 aliphatic rings. The van der Waals surface area contributed by atoms with Crippen LogP contribution in [0.4, 0.5) is 5.82 Å². The third kappa shape index (κ3) is 2.75. The Labute approximate surface area is 101 Å². The normalized spacial score (nSPS) is 10.3. The molecule has 0 spiro atoms. The van der Waals surface area contributed by atoms with E-state index >= 15 is 0 Å². The second-order valence-electron chi connectivity index (χ2n) is 3.94. The van der Waals surface area contributed by atoms with E-state index in [0.29, 0.717) is 6.54 Å². The Morgan fingerprint density at radius 3 is 2.53 bits per heavy atom. The molecule has 2 aromatic rings. The van der Waals surface area contributed by atoms with Crippen molar-refractivity contribution in [1.82, 2.24) is 19.9 Å². The highest BCUT2D eigenvalue weighted by Gasteiger charge is 2.09. The molecule has 0 aromatic carbocycles. The van der Waals surface area contributed by atoms with Crippen molar-refractivity contribution in [2.45, 2.75) is 20.4 Å². The maximum absolute atomic E-state index is 4.48. The van der Waals surface area contributed by atoms with Gasteiger partial charge in [0.25, 0.3) is 0 Å². The van der Waals surface area contributed by atoms with Crippen molar-refractivity contribution >= 4 is 5.82 Å². The lowest BCUT2D eigenvalue weighted by Gasteiger charge is -2.18. The number of rotatable bonds is 3. The van der Waals surface area contributed by atoms with Gasteiger partial charge in [0.1, 0.15) is 11.6 Å². The molecule has 0 aliphatic carbocycles. The summed E-state index contributed by atoms with van der Waals surface area (Å²) in [6.07, 6.45) is 5.25. The second-order valence-corrected chi connectivity index (χ2v) is 3.94. The van der Waals surface area contributed by atoms with Crippen LogP contribution in [0.25, 0.3) is 0 Å². The van der Waals surface area contributed by atoms with E-state index in [-0.39, 0.29) is 0 Å². The van der Waals surface area contributed by atoms with Gasteiger partial charge >= 0.3 is 0 Å². The molecule has 0 amide bonds. The summed E-state index contributed by atoms with van der Waals surface area (Å²) in [4.78, 5) is 19.2. The summed E-state index contributed by atoms with van der Waals surface area (Å²) in [5.74, 6) is 1.65. The molecule has 5 nitrogen and oxygen atoms in total. The monoisotopic (exact) mass is 229 g/mol. The summed E-state index contributed by atoms with van der Waals surface area (Å²) < 4.78 is 0. The van der Waals surface area contributed by atoms with Crippen LogP contribution in [-0.4, -0.2) is 27.0 Å². The van der Waals surface area contributed by atoms with Crippen LogP contribution in [-0.2, 0) is 6.54 Å². The summed E-state index contributed by atoms with van der Waals surface area (Å²) in [6, 6.07) is 1.81. The molecule has 0 aliphatic heterocycles. The van der Waals surface area contributed by atoms with E-state index in [2.05, 4.69) is 19.9 Å². The van der Waals surface area contributed by atoms with Gasteiger partial charge in [-0.1, -0.05) is 0 Å². The predicted molar refractivity (Wildman–Crippen MR) is 65.6 cm³/mol. The van der Waals surface area contributed by atoms with E-state index < -0.39 is 0 Å². The van der Waals surface area contributed by atoms with Gasteiger partial charge in [0.15, 0.2) is 0 Å². The Bertz CT molecular complexity index is 498. The Morgan fingerprint density at radius 1 is 1.12 bits per heavy atom. The van der Waals surface area contributed by atoms with Crippen LogP contribution in [0.2, 0.25) is 0 Å². The van der Waals surface area contributed by atoms with Crippen molar-refractivity contribution in [2.75, 3.05) is 11.9 Å². The third-order valence-corrected chi connectivity index (χ3v) is 2.41. The van der Waals surface area contributed by atoms with Crippen molar-refractivity contribution in [3.63, 3.8) is 0 Å². The molecule has 5 heteroatoms. The smallest absolute Gasteiger partial charge is 0.150 e. The summed E-state index contributed by atoms with van der Waals surface area (Å²) >= 11 is 0. The first-order valence-corrected chi connectivity index (χ1v) is 5.44. The van der Waals surface area contributed by atoms with Crippen molar-refractivity contribution in [3.05, 3.63) is 41.9 Å². The highest BCUT2D eigenvalue weighted by Crippen LogP contribution is 2.14. The lowest BCUT2D eigenvalue weighted by atomic mass is 10.3. The van der Waals surface area contributed by atoms with Crippen LogP contribution in [0.15, 0.2) is 24.7 Å². The largest absolute Gasteiger partial charge is 0.351 e. The molecule has 88 valence electrons. The zero-order valence-corrected chi connectivity index (χ0v) is 10.3. The topological polar surface area (TPSA) is 54.8 Å². The van der Waals surface area contributed by atoms with Gasteiger partial charge in [0.2, 0.25) is 0 Å². The Kier molecular flexibility index (Phi) is 3.27. The Morgan fingerprint density at radius 2 is 1.82 bits per heavy atom. The number of hydrogen-bond acceptors (Lipinski definition) is 5. The van der Waals surface area contributed by atoms with E-state index in [1.165, 1.54) is 0 Å². The standard InChI is InChI=1S/C12H15N5/c1-9-7-15-10(2)12(16-9)17(3)8-11-13-5-4-6-14-11/h4-7H,8H2,1-3H3. The van der Waals surface area contributed by atoms with Gasteiger partial charge in [0.05, 0.1) is 17.9 Å². The van der Waals surface area contributed by atoms with Crippen molar-refractivity contribution in [1.29, 1.82) is 0 Å². The second kappa shape index (κ2) is 4.86. The fourth-order valence-corrected chi connectivity index (χ4v) is 1.58. The molecule has 0 N–H and O–H groups in total. The van der Waals surface area contributed by atoms with Gasteiger partial charge in [-0.3, -0.25) is 4.98 Å². The highest BCUT2D eigenvalue weighted by molar-refractivity contribution is 5.42. The molecule has 2 rings (SSSR count). The Hall–Kier alpha value is -2.04. The van der Waals surface area contributed by atoms with E-state index in [9.17, 15) is 0 Å². The molecule has 0 unspecified atom stereocenters. The zero-order chi connectivity index (χ0) is 12.3. The summed E-state index contributed by atoms with van der Waals surface area (Å²) in [6.45, 7) is 4.51. The molecule has 0 atom stereocenters. The first-order chi connectivity index (χ1) is 8.16. The first-order valence-electron chi connectivity index (χ1n) is 5.44. The minimum atomic E-state index is 0.625. The predicted octanol–water partition coefficient (Wildman–Crippen LogP) is 1.52. The number of anilines is 1. The molecule has 0 saturated carbocycles. The van der Waals surface area contributed by atoms with Gasteiger partial charge in [0, 0.05) is 25.6 Å². The summed E-state index contributed by atoms with van der Waals surface area (Å²) in [5, 5.41) is 0. The molecule has 0 fully saturated rings. The number of hydrogen-bond donors (Lipinski definition) is 0. The quantitative estimate of drug-likeness (QED) is 0.798.